The Kier molecular flexibility index (Phi) is 3.30. The molecule has 2 aliphatic heterocycles. The van der Waals surface area contributed by atoms with Gasteiger partial charge in [-0.1, -0.05) is 6.07 Å². The Bertz CT molecular complexity index is 763. The van der Waals surface area contributed by atoms with Crippen LogP contribution in [0.2, 0.25) is 0 Å². The SMILES string of the molecule is O=C(c1cccs1)N(Cc1c2c(cc3c1OCC3)OCC2)C1CC1. The minimum absolute atomic E-state index is 0.149. The summed E-state index contributed by atoms with van der Waals surface area (Å²) < 4.78 is 11.7. The van der Waals surface area contributed by atoms with E-state index in [1.54, 1.807) is 0 Å². The van der Waals surface area contributed by atoms with E-state index in [1.165, 1.54) is 28.0 Å². The minimum atomic E-state index is 0.149. The van der Waals surface area contributed by atoms with Crippen molar-refractivity contribution in [2.24, 2.45) is 0 Å². The normalized spacial score (nSPS) is 17.8. The molecular weight excluding hydrogens is 322 g/mol. The number of nitrogens with zero attached hydrogens (tertiary/aromatic N) is 1. The van der Waals surface area contributed by atoms with Gasteiger partial charge >= 0.3 is 0 Å². The average Bonchev–Trinajstić information content (AvgIpc) is 3.01. The zero-order valence-electron chi connectivity index (χ0n) is 13.4. The fourth-order valence-corrected chi connectivity index (χ4v) is 4.40. The van der Waals surface area contributed by atoms with Crippen LogP contribution < -0.4 is 9.47 Å². The van der Waals surface area contributed by atoms with E-state index in [9.17, 15) is 4.79 Å². The van der Waals surface area contributed by atoms with E-state index >= 15 is 0 Å². The van der Waals surface area contributed by atoms with Gasteiger partial charge in [-0.2, -0.15) is 0 Å². The van der Waals surface area contributed by atoms with Crippen LogP contribution in [0.25, 0.3) is 0 Å². The van der Waals surface area contributed by atoms with E-state index < -0.39 is 0 Å². The lowest BCUT2D eigenvalue weighted by Crippen LogP contribution is -2.32. The van der Waals surface area contributed by atoms with Gasteiger partial charge in [0.1, 0.15) is 11.5 Å². The molecule has 1 aromatic heterocycles. The number of hydrogen-bond donors (Lipinski definition) is 0. The lowest BCUT2D eigenvalue weighted by atomic mass is 9.99. The summed E-state index contributed by atoms with van der Waals surface area (Å²) in [6.07, 6.45) is 4.05. The highest BCUT2D eigenvalue weighted by atomic mass is 32.1. The predicted molar refractivity (Wildman–Crippen MR) is 92.1 cm³/mol. The second kappa shape index (κ2) is 5.52. The number of amides is 1. The highest BCUT2D eigenvalue weighted by molar-refractivity contribution is 7.12. The maximum Gasteiger partial charge on any atom is 0.264 e. The van der Waals surface area contributed by atoms with Crippen molar-refractivity contribution in [3.63, 3.8) is 0 Å². The molecule has 2 aromatic rings. The summed E-state index contributed by atoms with van der Waals surface area (Å²) in [4.78, 5) is 15.8. The number of carbonyl (C=O) groups is 1. The van der Waals surface area contributed by atoms with Crippen LogP contribution in [0.4, 0.5) is 0 Å². The van der Waals surface area contributed by atoms with Crippen molar-refractivity contribution >= 4 is 17.2 Å². The van der Waals surface area contributed by atoms with Crippen molar-refractivity contribution in [3.8, 4) is 11.5 Å². The average molecular weight is 341 g/mol. The Morgan fingerprint density at radius 3 is 2.92 bits per heavy atom. The Balaban J connectivity index is 1.53. The molecule has 1 saturated carbocycles. The summed E-state index contributed by atoms with van der Waals surface area (Å²) in [7, 11) is 0. The zero-order valence-corrected chi connectivity index (χ0v) is 14.2. The Morgan fingerprint density at radius 2 is 2.12 bits per heavy atom. The lowest BCUT2D eigenvalue weighted by Gasteiger charge is -2.24. The molecule has 0 saturated heterocycles. The quantitative estimate of drug-likeness (QED) is 0.855. The van der Waals surface area contributed by atoms with Crippen molar-refractivity contribution in [2.45, 2.75) is 38.3 Å². The Labute approximate surface area is 145 Å². The molecule has 0 radical (unpaired) electrons. The van der Waals surface area contributed by atoms with Gasteiger partial charge in [0, 0.05) is 35.6 Å². The number of fused-ring (bicyclic) bond motifs is 2. The van der Waals surface area contributed by atoms with Crippen LogP contribution in [0.5, 0.6) is 11.5 Å². The maximum atomic E-state index is 13.0. The summed E-state index contributed by atoms with van der Waals surface area (Å²) in [5, 5.41) is 1.97. The molecule has 0 unspecified atom stereocenters. The highest BCUT2D eigenvalue weighted by Crippen LogP contribution is 2.42. The van der Waals surface area contributed by atoms with E-state index in [1.807, 2.05) is 22.4 Å². The van der Waals surface area contributed by atoms with Crippen LogP contribution in [0.15, 0.2) is 23.6 Å². The summed E-state index contributed by atoms with van der Waals surface area (Å²) in [6, 6.07) is 6.37. The van der Waals surface area contributed by atoms with E-state index in [0.717, 1.165) is 55.3 Å². The van der Waals surface area contributed by atoms with E-state index in [2.05, 4.69) is 6.07 Å². The van der Waals surface area contributed by atoms with E-state index in [-0.39, 0.29) is 5.91 Å². The van der Waals surface area contributed by atoms with Crippen LogP contribution in [-0.2, 0) is 19.4 Å². The molecule has 0 N–H and O–H groups in total. The van der Waals surface area contributed by atoms with Crippen molar-refractivity contribution in [3.05, 3.63) is 45.1 Å². The molecule has 124 valence electrons. The van der Waals surface area contributed by atoms with Crippen LogP contribution in [0.1, 0.15) is 39.2 Å². The molecular formula is C19H19NO3S. The van der Waals surface area contributed by atoms with Crippen molar-refractivity contribution in [2.75, 3.05) is 13.2 Å². The summed E-state index contributed by atoms with van der Waals surface area (Å²) in [5.41, 5.74) is 3.64. The van der Waals surface area contributed by atoms with Crippen LogP contribution in [0.3, 0.4) is 0 Å². The number of hydrogen-bond acceptors (Lipinski definition) is 4. The van der Waals surface area contributed by atoms with Gasteiger partial charge in [0.05, 0.1) is 24.6 Å². The van der Waals surface area contributed by atoms with Gasteiger partial charge in [-0.25, -0.2) is 0 Å². The molecule has 1 amide bonds. The Hall–Kier alpha value is -2.01. The third-order valence-corrected chi connectivity index (χ3v) is 5.93. The minimum Gasteiger partial charge on any atom is -0.493 e. The van der Waals surface area contributed by atoms with Gasteiger partial charge in [-0.15, -0.1) is 11.3 Å². The van der Waals surface area contributed by atoms with Crippen LogP contribution in [-0.4, -0.2) is 30.1 Å². The van der Waals surface area contributed by atoms with Gasteiger partial charge in [-0.3, -0.25) is 4.79 Å². The largest absolute Gasteiger partial charge is 0.493 e. The Morgan fingerprint density at radius 1 is 1.25 bits per heavy atom. The van der Waals surface area contributed by atoms with Crippen molar-refractivity contribution in [1.82, 2.24) is 4.90 Å². The maximum absolute atomic E-state index is 13.0. The van der Waals surface area contributed by atoms with Crippen LogP contribution in [0, 0.1) is 0 Å². The summed E-state index contributed by atoms with van der Waals surface area (Å²) in [6.45, 7) is 2.09. The lowest BCUT2D eigenvalue weighted by molar-refractivity contribution is 0.0733. The third kappa shape index (κ3) is 2.30. The molecule has 3 heterocycles. The number of thiophene rings is 1. The smallest absolute Gasteiger partial charge is 0.264 e. The molecule has 0 atom stereocenters. The standard InChI is InChI=1S/C19H19NO3S/c21-19(17-2-1-9-24-17)20(13-3-4-13)11-15-14-6-8-22-16(14)10-12-5-7-23-18(12)15/h1-2,9-10,13H,3-8,11H2. The molecule has 0 bridgehead atoms. The molecule has 4 nitrogen and oxygen atoms in total. The number of ether oxygens (including phenoxy) is 2. The molecule has 3 aliphatic rings. The topological polar surface area (TPSA) is 38.8 Å². The number of benzene rings is 1. The highest BCUT2D eigenvalue weighted by Gasteiger charge is 2.36. The molecule has 0 spiro atoms. The third-order valence-electron chi connectivity index (χ3n) is 5.07. The van der Waals surface area contributed by atoms with Gasteiger partial charge in [0.25, 0.3) is 5.91 Å². The van der Waals surface area contributed by atoms with Gasteiger partial charge in [-0.05, 0) is 30.4 Å². The first kappa shape index (κ1) is 14.3. The molecule has 1 aromatic carbocycles. The van der Waals surface area contributed by atoms with Crippen molar-refractivity contribution < 1.29 is 14.3 Å². The monoisotopic (exact) mass is 341 g/mol. The fraction of sp³-hybridized carbons (Fsp3) is 0.421. The molecule has 5 rings (SSSR count). The van der Waals surface area contributed by atoms with Crippen LogP contribution >= 0.6 is 11.3 Å². The first-order valence-corrected chi connectivity index (χ1v) is 9.47. The summed E-state index contributed by atoms with van der Waals surface area (Å²) in [5.74, 6) is 2.15. The van der Waals surface area contributed by atoms with E-state index in [4.69, 9.17) is 9.47 Å². The first-order valence-electron chi connectivity index (χ1n) is 8.59. The zero-order chi connectivity index (χ0) is 16.1. The van der Waals surface area contributed by atoms with Gasteiger partial charge < -0.3 is 14.4 Å². The summed E-state index contributed by atoms with van der Waals surface area (Å²) >= 11 is 1.52. The van der Waals surface area contributed by atoms with Gasteiger partial charge in [0.15, 0.2) is 0 Å². The molecule has 5 heteroatoms. The second-order valence-electron chi connectivity index (χ2n) is 6.66. The van der Waals surface area contributed by atoms with Crippen molar-refractivity contribution in [1.29, 1.82) is 0 Å². The van der Waals surface area contributed by atoms with E-state index in [0.29, 0.717) is 12.6 Å². The second-order valence-corrected chi connectivity index (χ2v) is 7.61. The molecule has 1 aliphatic carbocycles. The molecule has 1 fully saturated rings. The number of carbonyl (C=O) groups excluding carboxylic acids is 1. The fourth-order valence-electron chi connectivity index (χ4n) is 3.72. The number of rotatable bonds is 4. The first-order chi connectivity index (χ1) is 11.8. The van der Waals surface area contributed by atoms with Gasteiger partial charge in [0.2, 0.25) is 0 Å². The predicted octanol–water partition coefficient (Wildman–Crippen LogP) is 3.42. The molecule has 24 heavy (non-hydrogen) atoms.